The first-order valence-corrected chi connectivity index (χ1v) is 5.68. The van der Waals surface area contributed by atoms with Crippen LogP contribution < -0.4 is 16.6 Å². The molecule has 1 heterocycles. The second-order valence-electron chi connectivity index (χ2n) is 4.27. The molecular formula is C12H19N3O2. The minimum atomic E-state index is -0.530. The highest BCUT2D eigenvalue weighted by molar-refractivity contribution is 5.94. The molecule has 0 radical (unpaired) electrons. The maximum Gasteiger partial charge on any atom is 0.250 e. The highest BCUT2D eigenvalue weighted by Gasteiger charge is 2.19. The molecule has 1 amide bonds. The van der Waals surface area contributed by atoms with Gasteiger partial charge in [-0.3, -0.25) is 9.59 Å². The summed E-state index contributed by atoms with van der Waals surface area (Å²) in [6.07, 6.45) is 2.42. The molecule has 0 saturated heterocycles. The Bertz CT molecular complexity index is 453. The van der Waals surface area contributed by atoms with Crippen molar-refractivity contribution in [2.24, 2.45) is 18.7 Å². The minimum Gasteiger partial charge on any atom is -0.323 e. The van der Waals surface area contributed by atoms with Gasteiger partial charge in [-0.1, -0.05) is 20.3 Å². The van der Waals surface area contributed by atoms with Crippen molar-refractivity contribution >= 4 is 11.6 Å². The molecule has 0 aliphatic rings. The average Bonchev–Trinajstić information content (AvgIpc) is 2.31. The normalized spacial score (nSPS) is 14.1. The predicted octanol–water partition coefficient (Wildman–Crippen LogP) is 0.697. The van der Waals surface area contributed by atoms with E-state index in [-0.39, 0.29) is 17.4 Å². The van der Waals surface area contributed by atoms with E-state index >= 15 is 0 Å². The van der Waals surface area contributed by atoms with Crippen molar-refractivity contribution in [1.29, 1.82) is 0 Å². The van der Waals surface area contributed by atoms with Crippen LogP contribution in [0.1, 0.15) is 20.3 Å². The van der Waals surface area contributed by atoms with Crippen molar-refractivity contribution in [2.45, 2.75) is 26.3 Å². The summed E-state index contributed by atoms with van der Waals surface area (Å²) in [5.41, 5.74) is 6.27. The molecular weight excluding hydrogens is 218 g/mol. The van der Waals surface area contributed by atoms with Crippen LogP contribution in [-0.2, 0) is 11.8 Å². The van der Waals surface area contributed by atoms with Gasteiger partial charge in [0.1, 0.15) is 0 Å². The van der Waals surface area contributed by atoms with Gasteiger partial charge in [0, 0.05) is 19.3 Å². The highest BCUT2D eigenvalue weighted by Crippen LogP contribution is 2.09. The third-order valence-electron chi connectivity index (χ3n) is 2.91. The number of rotatable bonds is 4. The van der Waals surface area contributed by atoms with Gasteiger partial charge in [-0.05, 0) is 12.0 Å². The fraction of sp³-hybridized carbons (Fsp3) is 0.500. The van der Waals surface area contributed by atoms with Crippen molar-refractivity contribution in [3.05, 3.63) is 28.7 Å². The standard InChI is InChI=1S/C12H19N3O2/c1-4-8(2)11(13)12(17)14-9-5-6-10(16)15(3)7-9/h5-8,11H,4,13H2,1-3H3,(H,14,17)/t8-,11-/m0/s1. The number of pyridine rings is 1. The zero-order valence-corrected chi connectivity index (χ0v) is 10.4. The summed E-state index contributed by atoms with van der Waals surface area (Å²) in [7, 11) is 1.63. The number of amides is 1. The van der Waals surface area contributed by atoms with Gasteiger partial charge in [0.2, 0.25) is 11.5 Å². The lowest BCUT2D eigenvalue weighted by molar-refractivity contribution is -0.118. The van der Waals surface area contributed by atoms with E-state index in [0.29, 0.717) is 5.69 Å². The van der Waals surface area contributed by atoms with Crippen LogP contribution in [0.5, 0.6) is 0 Å². The highest BCUT2D eigenvalue weighted by atomic mass is 16.2. The molecule has 0 unspecified atom stereocenters. The molecule has 1 aromatic heterocycles. The average molecular weight is 237 g/mol. The molecule has 0 bridgehead atoms. The number of hydrogen-bond acceptors (Lipinski definition) is 3. The Hall–Kier alpha value is -1.62. The zero-order valence-electron chi connectivity index (χ0n) is 10.4. The lowest BCUT2D eigenvalue weighted by atomic mass is 9.99. The molecule has 1 aromatic rings. The lowest BCUT2D eigenvalue weighted by Gasteiger charge is -2.17. The molecule has 0 spiro atoms. The maximum atomic E-state index is 11.8. The fourth-order valence-corrected chi connectivity index (χ4v) is 1.41. The third-order valence-corrected chi connectivity index (χ3v) is 2.91. The summed E-state index contributed by atoms with van der Waals surface area (Å²) in [5, 5.41) is 2.70. The largest absolute Gasteiger partial charge is 0.323 e. The van der Waals surface area contributed by atoms with Gasteiger partial charge in [-0.25, -0.2) is 0 Å². The van der Waals surface area contributed by atoms with Gasteiger partial charge < -0.3 is 15.6 Å². The second-order valence-corrected chi connectivity index (χ2v) is 4.27. The van der Waals surface area contributed by atoms with Crippen LogP contribution >= 0.6 is 0 Å². The quantitative estimate of drug-likeness (QED) is 0.809. The van der Waals surface area contributed by atoms with Gasteiger partial charge in [0.25, 0.3) is 0 Å². The number of nitrogens with two attached hydrogens (primary N) is 1. The van der Waals surface area contributed by atoms with E-state index in [1.165, 1.54) is 10.6 Å². The van der Waals surface area contributed by atoms with E-state index in [1.807, 2.05) is 13.8 Å². The molecule has 0 fully saturated rings. The smallest absolute Gasteiger partial charge is 0.250 e. The number of aryl methyl sites for hydroxylation is 1. The van der Waals surface area contributed by atoms with Crippen LogP contribution in [-0.4, -0.2) is 16.5 Å². The number of anilines is 1. The summed E-state index contributed by atoms with van der Waals surface area (Å²) < 4.78 is 1.41. The van der Waals surface area contributed by atoms with E-state index < -0.39 is 6.04 Å². The summed E-state index contributed by atoms with van der Waals surface area (Å²) in [6, 6.07) is 2.45. The van der Waals surface area contributed by atoms with Crippen LogP contribution in [0.25, 0.3) is 0 Å². The second kappa shape index (κ2) is 5.63. The van der Waals surface area contributed by atoms with Crippen LogP contribution in [0.15, 0.2) is 23.1 Å². The van der Waals surface area contributed by atoms with Gasteiger partial charge in [-0.2, -0.15) is 0 Å². The molecule has 5 heteroatoms. The zero-order chi connectivity index (χ0) is 13.0. The van der Waals surface area contributed by atoms with E-state index in [1.54, 1.807) is 19.3 Å². The summed E-state index contributed by atoms with van der Waals surface area (Å²) in [5.74, 6) is -0.0967. The monoisotopic (exact) mass is 237 g/mol. The van der Waals surface area contributed by atoms with Gasteiger partial charge in [0.15, 0.2) is 0 Å². The van der Waals surface area contributed by atoms with Crippen molar-refractivity contribution in [1.82, 2.24) is 4.57 Å². The SMILES string of the molecule is CC[C@H](C)[C@H](N)C(=O)Nc1ccc(=O)n(C)c1. The van der Waals surface area contributed by atoms with Gasteiger partial charge in [-0.15, -0.1) is 0 Å². The first-order valence-electron chi connectivity index (χ1n) is 5.68. The summed E-state index contributed by atoms with van der Waals surface area (Å²) in [4.78, 5) is 23.0. The molecule has 5 nitrogen and oxygen atoms in total. The minimum absolute atomic E-state index is 0.116. The summed E-state index contributed by atoms with van der Waals surface area (Å²) in [6.45, 7) is 3.93. The lowest BCUT2D eigenvalue weighted by Crippen LogP contribution is -2.40. The number of carbonyl (C=O) groups is 1. The van der Waals surface area contributed by atoms with E-state index in [9.17, 15) is 9.59 Å². The molecule has 3 N–H and O–H groups in total. The third kappa shape index (κ3) is 3.42. The van der Waals surface area contributed by atoms with Crippen molar-refractivity contribution in [3.8, 4) is 0 Å². The first-order chi connectivity index (χ1) is 7.95. The Morgan fingerprint density at radius 2 is 2.18 bits per heavy atom. The molecule has 0 aliphatic carbocycles. The maximum absolute atomic E-state index is 11.8. The Labute approximate surface area is 101 Å². The summed E-state index contributed by atoms with van der Waals surface area (Å²) >= 11 is 0. The number of carbonyl (C=O) groups excluding carboxylic acids is 1. The predicted molar refractivity (Wildman–Crippen MR) is 67.7 cm³/mol. The van der Waals surface area contributed by atoms with Crippen LogP contribution in [0.3, 0.4) is 0 Å². The number of nitrogens with zero attached hydrogens (tertiary/aromatic N) is 1. The molecule has 17 heavy (non-hydrogen) atoms. The van der Waals surface area contributed by atoms with Gasteiger partial charge >= 0.3 is 0 Å². The Morgan fingerprint density at radius 3 is 2.71 bits per heavy atom. The molecule has 0 aromatic carbocycles. The molecule has 1 rings (SSSR count). The van der Waals surface area contributed by atoms with Crippen molar-refractivity contribution in [3.63, 3.8) is 0 Å². The molecule has 0 aliphatic heterocycles. The Morgan fingerprint density at radius 1 is 1.53 bits per heavy atom. The topological polar surface area (TPSA) is 77.1 Å². The van der Waals surface area contributed by atoms with Crippen molar-refractivity contribution in [2.75, 3.05) is 5.32 Å². The fourth-order valence-electron chi connectivity index (χ4n) is 1.41. The number of hydrogen-bond donors (Lipinski definition) is 2. The molecule has 94 valence electrons. The van der Waals surface area contributed by atoms with Crippen molar-refractivity contribution < 1.29 is 4.79 Å². The molecule has 0 saturated carbocycles. The van der Waals surface area contributed by atoms with Crippen LogP contribution in [0, 0.1) is 5.92 Å². The van der Waals surface area contributed by atoms with E-state index in [2.05, 4.69) is 5.32 Å². The molecule has 2 atom stereocenters. The van der Waals surface area contributed by atoms with Crippen LogP contribution in [0.2, 0.25) is 0 Å². The Balaban J connectivity index is 2.74. The van der Waals surface area contributed by atoms with Gasteiger partial charge in [0.05, 0.1) is 11.7 Å². The Kier molecular flexibility index (Phi) is 4.45. The number of aromatic nitrogens is 1. The van der Waals surface area contributed by atoms with Crippen LogP contribution in [0.4, 0.5) is 5.69 Å². The van der Waals surface area contributed by atoms with E-state index in [0.717, 1.165) is 6.42 Å². The number of nitrogens with one attached hydrogen (secondary N) is 1. The van der Waals surface area contributed by atoms with E-state index in [4.69, 9.17) is 5.73 Å². The first kappa shape index (κ1) is 13.4.